The summed E-state index contributed by atoms with van der Waals surface area (Å²) in [6.07, 6.45) is 67.1. The van der Waals surface area contributed by atoms with Crippen molar-refractivity contribution in [1.29, 1.82) is 0 Å². The number of ether oxygens (including phenoxy) is 3. The fourth-order valence-electron chi connectivity index (χ4n) is 6.71. The molecular formula is C57H94O6. The van der Waals surface area contributed by atoms with Gasteiger partial charge in [0.25, 0.3) is 0 Å². The van der Waals surface area contributed by atoms with E-state index in [1.165, 1.54) is 51.4 Å². The van der Waals surface area contributed by atoms with Gasteiger partial charge in [0.05, 0.1) is 0 Å². The van der Waals surface area contributed by atoms with Crippen LogP contribution in [0.1, 0.15) is 226 Å². The largest absolute Gasteiger partial charge is 0.462 e. The van der Waals surface area contributed by atoms with Gasteiger partial charge in [0, 0.05) is 19.3 Å². The Bertz CT molecular complexity index is 1280. The van der Waals surface area contributed by atoms with Crippen LogP contribution in [-0.2, 0) is 28.6 Å². The molecule has 358 valence electrons. The zero-order valence-electron chi connectivity index (χ0n) is 40.8. The number of carbonyl (C=O) groups is 3. The Labute approximate surface area is 387 Å². The van der Waals surface area contributed by atoms with Crippen molar-refractivity contribution in [2.45, 2.75) is 232 Å². The monoisotopic (exact) mass is 875 g/mol. The first-order valence-electron chi connectivity index (χ1n) is 25.7. The number of hydrogen-bond acceptors (Lipinski definition) is 6. The van der Waals surface area contributed by atoms with E-state index in [0.717, 1.165) is 135 Å². The minimum atomic E-state index is -0.792. The quantitative estimate of drug-likeness (QED) is 0.0262. The molecule has 0 aliphatic rings. The van der Waals surface area contributed by atoms with Crippen LogP contribution in [0, 0.1) is 0 Å². The van der Waals surface area contributed by atoms with E-state index in [-0.39, 0.29) is 31.1 Å². The molecule has 1 unspecified atom stereocenters. The van der Waals surface area contributed by atoms with Gasteiger partial charge in [-0.2, -0.15) is 0 Å². The molecule has 0 aliphatic carbocycles. The molecule has 0 spiro atoms. The van der Waals surface area contributed by atoms with Crippen LogP contribution in [-0.4, -0.2) is 37.2 Å². The Hall–Kier alpha value is -3.67. The van der Waals surface area contributed by atoms with E-state index in [4.69, 9.17) is 14.2 Å². The summed E-state index contributed by atoms with van der Waals surface area (Å²) in [5.74, 6) is -0.954. The molecule has 6 nitrogen and oxygen atoms in total. The van der Waals surface area contributed by atoms with Gasteiger partial charge in [0.15, 0.2) is 6.10 Å². The maximum Gasteiger partial charge on any atom is 0.306 e. The van der Waals surface area contributed by atoms with Gasteiger partial charge in [-0.25, -0.2) is 0 Å². The lowest BCUT2D eigenvalue weighted by molar-refractivity contribution is -0.167. The second kappa shape index (κ2) is 51.0. The predicted molar refractivity (Wildman–Crippen MR) is 270 cm³/mol. The van der Waals surface area contributed by atoms with Crippen molar-refractivity contribution in [1.82, 2.24) is 0 Å². The standard InChI is InChI=1S/C57H94O6/c1-4-7-10-13-15-17-19-21-23-24-25-26-27-28-29-30-31-32-34-35-37-39-41-44-47-50-56(59)62-53-54(52-61-55(58)49-46-43-12-9-6-3)63-57(60)51-48-45-42-40-38-36-33-22-20-18-16-14-11-8-5-2/h7,10,15,17,21-23,25-26,28-29,31-33,35,37,54H,4-6,8-9,11-14,16,18-20,24,27,30,34,36,38-53H2,1-3H3/b10-7-,17-15-,23-21-,26-25-,29-28-,32-31-,33-22-,37-35-. The second-order valence-corrected chi connectivity index (χ2v) is 16.7. The van der Waals surface area contributed by atoms with Gasteiger partial charge in [-0.3, -0.25) is 14.4 Å². The molecule has 63 heavy (non-hydrogen) atoms. The fraction of sp³-hybridized carbons (Fsp3) is 0.667. The topological polar surface area (TPSA) is 78.9 Å². The normalized spacial score (nSPS) is 12.9. The molecule has 0 amide bonds. The average Bonchev–Trinajstić information content (AvgIpc) is 3.28. The number of esters is 3. The summed E-state index contributed by atoms with van der Waals surface area (Å²) in [6.45, 7) is 6.38. The van der Waals surface area contributed by atoms with Crippen LogP contribution >= 0.6 is 0 Å². The third kappa shape index (κ3) is 49.2. The van der Waals surface area contributed by atoms with E-state index in [0.29, 0.717) is 19.3 Å². The Morgan fingerprint density at radius 3 is 1.00 bits per heavy atom. The van der Waals surface area contributed by atoms with Crippen molar-refractivity contribution in [3.63, 3.8) is 0 Å². The number of hydrogen-bond donors (Lipinski definition) is 0. The van der Waals surface area contributed by atoms with Crippen molar-refractivity contribution in [3.05, 3.63) is 97.2 Å². The van der Waals surface area contributed by atoms with E-state index in [2.05, 4.69) is 118 Å². The minimum Gasteiger partial charge on any atom is -0.462 e. The van der Waals surface area contributed by atoms with Gasteiger partial charge in [-0.15, -0.1) is 0 Å². The highest BCUT2D eigenvalue weighted by Gasteiger charge is 2.19. The van der Waals surface area contributed by atoms with Crippen molar-refractivity contribution in [3.8, 4) is 0 Å². The first-order chi connectivity index (χ1) is 31.0. The number of carbonyl (C=O) groups excluding carboxylic acids is 3. The second-order valence-electron chi connectivity index (χ2n) is 16.7. The van der Waals surface area contributed by atoms with Gasteiger partial charge in [-0.05, 0) is 103 Å². The average molecular weight is 875 g/mol. The van der Waals surface area contributed by atoms with E-state index >= 15 is 0 Å². The molecular weight excluding hydrogens is 781 g/mol. The molecule has 0 bridgehead atoms. The molecule has 0 aromatic rings. The van der Waals surface area contributed by atoms with Crippen LogP contribution in [0.4, 0.5) is 0 Å². The first kappa shape index (κ1) is 59.3. The molecule has 0 aromatic heterocycles. The summed E-state index contributed by atoms with van der Waals surface area (Å²) in [4.78, 5) is 37.6. The lowest BCUT2D eigenvalue weighted by Crippen LogP contribution is -2.30. The molecule has 0 saturated heterocycles. The van der Waals surface area contributed by atoms with Gasteiger partial charge in [-0.1, -0.05) is 201 Å². The number of rotatable bonds is 45. The Morgan fingerprint density at radius 2 is 0.619 bits per heavy atom. The maximum absolute atomic E-state index is 12.7. The number of allylic oxidation sites excluding steroid dienone is 16. The molecule has 6 heteroatoms. The van der Waals surface area contributed by atoms with E-state index < -0.39 is 6.10 Å². The van der Waals surface area contributed by atoms with Crippen molar-refractivity contribution in [2.24, 2.45) is 0 Å². The minimum absolute atomic E-state index is 0.0932. The zero-order valence-corrected chi connectivity index (χ0v) is 40.8. The smallest absolute Gasteiger partial charge is 0.306 e. The van der Waals surface area contributed by atoms with Crippen LogP contribution in [0.15, 0.2) is 97.2 Å². The van der Waals surface area contributed by atoms with Gasteiger partial charge in [0.1, 0.15) is 13.2 Å². The Balaban J connectivity index is 4.25. The summed E-state index contributed by atoms with van der Waals surface area (Å²) < 4.78 is 16.6. The van der Waals surface area contributed by atoms with Crippen molar-refractivity contribution >= 4 is 17.9 Å². The highest BCUT2D eigenvalue weighted by molar-refractivity contribution is 5.71. The predicted octanol–water partition coefficient (Wildman–Crippen LogP) is 17.0. The SMILES string of the molecule is CC/C=C\C/C=C\C/C=C\C/C=C\C/C=C\C/C=C\C/C=C\CCCCCC(=O)OCC(COC(=O)CCCCCCC)OC(=O)CCCCCCC/C=C\CCCCCCCC. The highest BCUT2D eigenvalue weighted by Crippen LogP contribution is 2.13. The molecule has 1 atom stereocenters. The van der Waals surface area contributed by atoms with Gasteiger partial charge >= 0.3 is 17.9 Å². The van der Waals surface area contributed by atoms with E-state index in [1.54, 1.807) is 0 Å². The van der Waals surface area contributed by atoms with E-state index in [9.17, 15) is 14.4 Å². The lowest BCUT2D eigenvalue weighted by atomic mass is 10.1. The third-order valence-corrected chi connectivity index (χ3v) is 10.6. The molecule has 0 heterocycles. The van der Waals surface area contributed by atoms with Crippen LogP contribution in [0.2, 0.25) is 0 Å². The molecule has 0 fully saturated rings. The van der Waals surface area contributed by atoms with Crippen LogP contribution in [0.3, 0.4) is 0 Å². The van der Waals surface area contributed by atoms with Crippen LogP contribution in [0.5, 0.6) is 0 Å². The van der Waals surface area contributed by atoms with E-state index in [1.807, 2.05) is 0 Å². The van der Waals surface area contributed by atoms with Crippen LogP contribution in [0.25, 0.3) is 0 Å². The molecule has 0 aromatic carbocycles. The summed E-state index contributed by atoms with van der Waals surface area (Å²) in [6, 6.07) is 0. The Kier molecular flexibility index (Phi) is 48.0. The number of unbranched alkanes of at least 4 members (excludes halogenated alkanes) is 18. The molecule has 0 N–H and O–H groups in total. The molecule has 0 saturated carbocycles. The van der Waals surface area contributed by atoms with Crippen molar-refractivity contribution < 1.29 is 28.6 Å². The Morgan fingerprint density at radius 1 is 0.333 bits per heavy atom. The first-order valence-corrected chi connectivity index (χ1v) is 25.7. The summed E-state index contributed by atoms with van der Waals surface area (Å²) in [5, 5.41) is 0. The summed E-state index contributed by atoms with van der Waals surface area (Å²) >= 11 is 0. The highest BCUT2D eigenvalue weighted by atomic mass is 16.6. The van der Waals surface area contributed by atoms with Gasteiger partial charge in [0.2, 0.25) is 0 Å². The molecule has 0 aliphatic heterocycles. The third-order valence-electron chi connectivity index (χ3n) is 10.6. The van der Waals surface area contributed by atoms with Crippen LogP contribution < -0.4 is 0 Å². The lowest BCUT2D eigenvalue weighted by Gasteiger charge is -2.18. The van der Waals surface area contributed by atoms with Gasteiger partial charge < -0.3 is 14.2 Å². The van der Waals surface area contributed by atoms with Crippen molar-refractivity contribution in [2.75, 3.05) is 13.2 Å². The zero-order chi connectivity index (χ0) is 45.8. The molecule has 0 rings (SSSR count). The fourth-order valence-corrected chi connectivity index (χ4v) is 6.71. The summed E-state index contributed by atoms with van der Waals surface area (Å²) in [7, 11) is 0. The summed E-state index contributed by atoms with van der Waals surface area (Å²) in [5.41, 5.74) is 0. The maximum atomic E-state index is 12.7. The molecule has 0 radical (unpaired) electrons.